The summed E-state index contributed by atoms with van der Waals surface area (Å²) in [6, 6.07) is 5.75. The van der Waals surface area contributed by atoms with Crippen LogP contribution in [0.4, 0.5) is 0 Å². The second-order valence-electron chi connectivity index (χ2n) is 4.43. The Labute approximate surface area is 112 Å². The molecule has 100 valence electrons. The molecule has 0 radical (unpaired) electrons. The first-order valence-corrected chi connectivity index (χ1v) is 6.25. The van der Waals surface area contributed by atoms with E-state index in [1.54, 1.807) is 20.3 Å². The fourth-order valence-corrected chi connectivity index (χ4v) is 2.42. The average Bonchev–Trinajstić information content (AvgIpc) is 2.47. The van der Waals surface area contributed by atoms with Gasteiger partial charge >= 0.3 is 0 Å². The molecule has 0 aliphatic heterocycles. The van der Waals surface area contributed by atoms with Gasteiger partial charge in [-0.1, -0.05) is 18.2 Å². The maximum atomic E-state index is 10.5. The Hall–Kier alpha value is -2.06. The van der Waals surface area contributed by atoms with Crippen LogP contribution in [-0.2, 0) is 4.79 Å². The topological polar surface area (TPSA) is 47.9 Å². The van der Waals surface area contributed by atoms with Crippen LogP contribution >= 0.6 is 0 Å². The average molecular weight is 259 g/mol. The monoisotopic (exact) mass is 259 g/mol. The summed E-state index contributed by atoms with van der Waals surface area (Å²) in [5.74, 6) is 1.48. The van der Waals surface area contributed by atoms with E-state index in [4.69, 9.17) is 9.47 Å². The first-order chi connectivity index (χ1) is 9.30. The molecule has 0 saturated carbocycles. The number of aliphatic imine (C=N–C) groups is 1. The molecule has 1 aliphatic rings. The summed E-state index contributed by atoms with van der Waals surface area (Å²) < 4.78 is 10.5. The largest absolute Gasteiger partial charge is 0.493 e. The van der Waals surface area contributed by atoms with E-state index in [9.17, 15) is 4.79 Å². The normalized spacial score (nSPS) is 21.6. The number of nitrogens with zero attached hydrogens (tertiary/aromatic N) is 1. The van der Waals surface area contributed by atoms with Crippen molar-refractivity contribution in [2.24, 2.45) is 4.99 Å². The minimum absolute atomic E-state index is 0.0411. The molecule has 4 nitrogen and oxygen atoms in total. The Balaban J connectivity index is 2.36. The minimum atomic E-state index is -0.0411. The first kappa shape index (κ1) is 13.4. The van der Waals surface area contributed by atoms with Crippen LogP contribution in [-0.4, -0.2) is 26.3 Å². The standard InChI is InChI=1S/C15H17NO3/c1-18-14-8-7-11(9-15(14)19-2)12-5-3-4-6-13(12)16-10-17/h3,5,7-9,12-13H,4,6H2,1-2H3/t12-,13+/m1/s1. The predicted octanol–water partition coefficient (Wildman–Crippen LogP) is 2.84. The summed E-state index contributed by atoms with van der Waals surface area (Å²) in [5.41, 5.74) is 1.07. The summed E-state index contributed by atoms with van der Waals surface area (Å²) in [5, 5.41) is 0. The third kappa shape index (κ3) is 2.85. The quantitative estimate of drug-likeness (QED) is 0.474. The molecule has 1 aromatic carbocycles. The fraction of sp³-hybridized carbons (Fsp3) is 0.400. The summed E-state index contributed by atoms with van der Waals surface area (Å²) >= 11 is 0. The summed E-state index contributed by atoms with van der Waals surface area (Å²) in [4.78, 5) is 14.4. The van der Waals surface area contributed by atoms with Gasteiger partial charge in [-0.3, -0.25) is 0 Å². The van der Waals surface area contributed by atoms with E-state index in [1.807, 2.05) is 18.2 Å². The number of hydrogen-bond acceptors (Lipinski definition) is 4. The second kappa shape index (κ2) is 6.21. The molecule has 0 amide bonds. The zero-order valence-electron chi connectivity index (χ0n) is 11.1. The van der Waals surface area contributed by atoms with Gasteiger partial charge in [0.25, 0.3) is 0 Å². The molecule has 1 aromatic rings. The molecule has 4 heteroatoms. The third-order valence-corrected chi connectivity index (χ3v) is 3.40. The molecule has 0 bridgehead atoms. The van der Waals surface area contributed by atoms with Crippen LogP contribution in [0.25, 0.3) is 0 Å². The van der Waals surface area contributed by atoms with Crippen molar-refractivity contribution in [2.75, 3.05) is 14.2 Å². The van der Waals surface area contributed by atoms with Crippen LogP contribution in [0.15, 0.2) is 35.3 Å². The molecule has 0 heterocycles. The number of allylic oxidation sites excluding steroid dienone is 1. The number of hydrogen-bond donors (Lipinski definition) is 0. The predicted molar refractivity (Wildman–Crippen MR) is 72.6 cm³/mol. The van der Waals surface area contributed by atoms with E-state index in [0.717, 1.165) is 18.4 Å². The maximum Gasteiger partial charge on any atom is 0.235 e. The highest BCUT2D eigenvalue weighted by atomic mass is 16.5. The summed E-state index contributed by atoms with van der Waals surface area (Å²) in [7, 11) is 3.22. The van der Waals surface area contributed by atoms with Crippen molar-refractivity contribution in [1.82, 2.24) is 0 Å². The Bertz CT molecular complexity index is 518. The van der Waals surface area contributed by atoms with Gasteiger partial charge in [-0.05, 0) is 30.5 Å². The van der Waals surface area contributed by atoms with Crippen LogP contribution in [0.5, 0.6) is 11.5 Å². The summed E-state index contributed by atoms with van der Waals surface area (Å²) in [6.45, 7) is 0. The number of methoxy groups -OCH3 is 2. The van der Waals surface area contributed by atoms with Gasteiger partial charge in [0.05, 0.1) is 20.3 Å². The van der Waals surface area contributed by atoms with Gasteiger partial charge in [0.1, 0.15) is 0 Å². The Morgan fingerprint density at radius 1 is 1.26 bits per heavy atom. The van der Waals surface area contributed by atoms with Crippen molar-refractivity contribution >= 4 is 6.08 Å². The smallest absolute Gasteiger partial charge is 0.235 e. The van der Waals surface area contributed by atoms with Gasteiger partial charge in [-0.25, -0.2) is 9.79 Å². The molecule has 2 atom stereocenters. The highest BCUT2D eigenvalue weighted by Gasteiger charge is 2.23. The van der Waals surface area contributed by atoms with E-state index in [0.29, 0.717) is 11.5 Å². The molecule has 0 spiro atoms. The SMILES string of the molecule is COc1ccc([C@H]2C=CCC[C@@H]2N=C=O)cc1OC. The first-order valence-electron chi connectivity index (χ1n) is 6.25. The van der Waals surface area contributed by atoms with Crippen molar-refractivity contribution in [1.29, 1.82) is 0 Å². The van der Waals surface area contributed by atoms with Gasteiger partial charge < -0.3 is 9.47 Å². The number of isocyanates is 1. The van der Waals surface area contributed by atoms with Crippen LogP contribution in [0.3, 0.4) is 0 Å². The lowest BCUT2D eigenvalue weighted by molar-refractivity contribution is 0.354. The summed E-state index contributed by atoms with van der Waals surface area (Å²) in [6.07, 6.45) is 7.70. The highest BCUT2D eigenvalue weighted by molar-refractivity contribution is 5.46. The molecule has 0 aromatic heterocycles. The molecule has 0 fully saturated rings. The van der Waals surface area contributed by atoms with Gasteiger partial charge in [-0.15, -0.1) is 0 Å². The van der Waals surface area contributed by atoms with Crippen LogP contribution in [0.2, 0.25) is 0 Å². The van der Waals surface area contributed by atoms with Crippen molar-refractivity contribution in [3.63, 3.8) is 0 Å². The van der Waals surface area contributed by atoms with Crippen molar-refractivity contribution in [3.8, 4) is 11.5 Å². The minimum Gasteiger partial charge on any atom is -0.493 e. The third-order valence-electron chi connectivity index (χ3n) is 3.40. The molecule has 0 unspecified atom stereocenters. The van der Waals surface area contributed by atoms with Crippen LogP contribution in [0, 0.1) is 0 Å². The Morgan fingerprint density at radius 3 is 2.74 bits per heavy atom. The Morgan fingerprint density at radius 2 is 2.05 bits per heavy atom. The molecular weight excluding hydrogens is 242 g/mol. The molecule has 0 saturated heterocycles. The lowest BCUT2D eigenvalue weighted by Gasteiger charge is -2.24. The zero-order valence-corrected chi connectivity index (χ0v) is 11.1. The van der Waals surface area contributed by atoms with E-state index in [2.05, 4.69) is 17.1 Å². The number of ether oxygens (including phenoxy) is 2. The van der Waals surface area contributed by atoms with Crippen molar-refractivity contribution in [3.05, 3.63) is 35.9 Å². The van der Waals surface area contributed by atoms with E-state index in [1.165, 1.54) is 0 Å². The second-order valence-corrected chi connectivity index (χ2v) is 4.43. The number of carbonyl (C=O) groups excluding carboxylic acids is 1. The Kier molecular flexibility index (Phi) is 4.37. The van der Waals surface area contributed by atoms with Gasteiger partial charge in [-0.2, -0.15) is 0 Å². The molecular formula is C15H17NO3. The molecule has 1 aliphatic carbocycles. The lowest BCUT2D eigenvalue weighted by Crippen LogP contribution is -2.17. The zero-order chi connectivity index (χ0) is 13.7. The fourth-order valence-electron chi connectivity index (χ4n) is 2.42. The molecule has 0 N–H and O–H groups in total. The highest BCUT2D eigenvalue weighted by Crippen LogP contribution is 2.35. The van der Waals surface area contributed by atoms with Crippen LogP contribution in [0.1, 0.15) is 24.3 Å². The van der Waals surface area contributed by atoms with Gasteiger partial charge in [0, 0.05) is 5.92 Å². The van der Waals surface area contributed by atoms with E-state index in [-0.39, 0.29) is 12.0 Å². The maximum absolute atomic E-state index is 10.5. The van der Waals surface area contributed by atoms with Crippen molar-refractivity contribution < 1.29 is 14.3 Å². The van der Waals surface area contributed by atoms with Gasteiger partial charge in [0.15, 0.2) is 11.5 Å². The van der Waals surface area contributed by atoms with Gasteiger partial charge in [0.2, 0.25) is 6.08 Å². The number of benzene rings is 1. The lowest BCUT2D eigenvalue weighted by atomic mass is 9.85. The van der Waals surface area contributed by atoms with E-state index >= 15 is 0 Å². The van der Waals surface area contributed by atoms with Crippen LogP contribution < -0.4 is 9.47 Å². The van der Waals surface area contributed by atoms with Crippen molar-refractivity contribution in [2.45, 2.75) is 24.8 Å². The van der Waals surface area contributed by atoms with E-state index < -0.39 is 0 Å². The molecule has 2 rings (SSSR count). The molecule has 19 heavy (non-hydrogen) atoms. The number of rotatable bonds is 4.